The van der Waals surface area contributed by atoms with Crippen LogP contribution in [0.15, 0.2) is 48.5 Å². The zero-order chi connectivity index (χ0) is 16.2. The van der Waals surface area contributed by atoms with Crippen LogP contribution in [-0.4, -0.2) is 23.9 Å². The third kappa shape index (κ3) is 3.99. The smallest absolute Gasteiger partial charge is 0.238 e. The van der Waals surface area contributed by atoms with Gasteiger partial charge < -0.3 is 5.32 Å². The number of rotatable bonds is 4. The van der Waals surface area contributed by atoms with Gasteiger partial charge in [0, 0.05) is 11.7 Å². The van der Waals surface area contributed by atoms with Crippen LogP contribution < -0.4 is 5.32 Å². The molecular weight excluding hydrogens is 284 g/mol. The minimum atomic E-state index is 0.0674. The maximum atomic E-state index is 12.4. The van der Waals surface area contributed by atoms with E-state index in [4.69, 9.17) is 0 Å². The van der Waals surface area contributed by atoms with E-state index in [1.54, 1.807) is 0 Å². The molecular formula is C20H24N2O. The van der Waals surface area contributed by atoms with E-state index in [2.05, 4.69) is 54.4 Å². The summed E-state index contributed by atoms with van der Waals surface area (Å²) < 4.78 is 0. The number of aryl methyl sites for hydroxylation is 2. The number of amides is 1. The second-order valence-electron chi connectivity index (χ2n) is 6.46. The number of nitrogens with one attached hydrogen (secondary N) is 1. The fourth-order valence-electron chi connectivity index (χ4n) is 3.50. The Balaban J connectivity index is 1.65. The Morgan fingerprint density at radius 3 is 2.52 bits per heavy atom. The molecule has 1 atom stereocenters. The lowest BCUT2D eigenvalue weighted by molar-refractivity contribution is -0.117. The normalized spacial score (nSPS) is 18.1. The van der Waals surface area contributed by atoms with Gasteiger partial charge in [0.1, 0.15) is 0 Å². The van der Waals surface area contributed by atoms with Crippen molar-refractivity contribution in [3.8, 4) is 0 Å². The average molecular weight is 308 g/mol. The molecule has 1 aliphatic rings. The summed E-state index contributed by atoms with van der Waals surface area (Å²) in [7, 11) is 0. The highest BCUT2D eigenvalue weighted by molar-refractivity contribution is 5.92. The van der Waals surface area contributed by atoms with Gasteiger partial charge in [0.25, 0.3) is 0 Å². The molecule has 1 fully saturated rings. The zero-order valence-corrected chi connectivity index (χ0v) is 13.9. The van der Waals surface area contributed by atoms with Gasteiger partial charge in [-0.3, -0.25) is 9.69 Å². The standard InChI is InChI=1S/C20H24N2O/c1-15-11-16(2)13-18(12-15)21-20(23)14-22-10-6-9-19(22)17-7-4-3-5-8-17/h3-5,7-8,11-13,19H,6,9-10,14H2,1-2H3,(H,21,23)/t19-/m1/s1. The fraction of sp³-hybridized carbons (Fsp3) is 0.350. The summed E-state index contributed by atoms with van der Waals surface area (Å²) in [4.78, 5) is 14.7. The molecule has 1 heterocycles. The molecule has 0 bridgehead atoms. The number of likely N-dealkylation sites (tertiary alicyclic amines) is 1. The van der Waals surface area contributed by atoms with Crippen molar-refractivity contribution in [2.45, 2.75) is 32.7 Å². The lowest BCUT2D eigenvalue weighted by Crippen LogP contribution is -2.32. The Morgan fingerprint density at radius 2 is 1.83 bits per heavy atom. The van der Waals surface area contributed by atoms with Crippen molar-refractivity contribution in [1.82, 2.24) is 4.90 Å². The highest BCUT2D eigenvalue weighted by Gasteiger charge is 2.27. The van der Waals surface area contributed by atoms with Crippen molar-refractivity contribution >= 4 is 11.6 Å². The van der Waals surface area contributed by atoms with E-state index in [9.17, 15) is 4.79 Å². The summed E-state index contributed by atoms with van der Waals surface area (Å²) in [5, 5.41) is 3.04. The van der Waals surface area contributed by atoms with Crippen LogP contribution in [0.4, 0.5) is 5.69 Å². The molecule has 23 heavy (non-hydrogen) atoms. The molecule has 0 spiro atoms. The lowest BCUT2D eigenvalue weighted by atomic mass is 10.0. The summed E-state index contributed by atoms with van der Waals surface area (Å²) >= 11 is 0. The monoisotopic (exact) mass is 308 g/mol. The highest BCUT2D eigenvalue weighted by atomic mass is 16.2. The Labute approximate surface area is 138 Å². The van der Waals surface area contributed by atoms with Gasteiger partial charge in [0.15, 0.2) is 0 Å². The molecule has 2 aromatic rings. The number of hydrogen-bond donors (Lipinski definition) is 1. The van der Waals surface area contributed by atoms with Gasteiger partial charge in [-0.2, -0.15) is 0 Å². The van der Waals surface area contributed by atoms with E-state index in [0.717, 1.165) is 25.1 Å². The summed E-state index contributed by atoms with van der Waals surface area (Å²) in [6.45, 7) is 5.54. The zero-order valence-electron chi connectivity index (χ0n) is 13.9. The molecule has 1 N–H and O–H groups in total. The second-order valence-corrected chi connectivity index (χ2v) is 6.46. The van der Waals surface area contributed by atoms with Gasteiger partial charge in [-0.25, -0.2) is 0 Å². The van der Waals surface area contributed by atoms with Crippen LogP contribution in [-0.2, 0) is 4.79 Å². The molecule has 0 radical (unpaired) electrons. The Hall–Kier alpha value is -2.13. The minimum absolute atomic E-state index is 0.0674. The summed E-state index contributed by atoms with van der Waals surface area (Å²) in [6, 6.07) is 17.0. The van der Waals surface area contributed by atoms with Crippen LogP contribution in [0.2, 0.25) is 0 Å². The van der Waals surface area contributed by atoms with Crippen LogP contribution in [0.3, 0.4) is 0 Å². The topological polar surface area (TPSA) is 32.3 Å². The number of anilines is 1. The molecule has 3 nitrogen and oxygen atoms in total. The first-order valence-corrected chi connectivity index (χ1v) is 8.29. The number of hydrogen-bond acceptors (Lipinski definition) is 2. The molecule has 2 aromatic carbocycles. The third-order valence-corrected chi connectivity index (χ3v) is 4.40. The summed E-state index contributed by atoms with van der Waals surface area (Å²) in [5.41, 5.74) is 4.54. The molecule has 3 rings (SSSR count). The number of carbonyl (C=O) groups excluding carboxylic acids is 1. The van der Waals surface area contributed by atoms with E-state index in [1.165, 1.54) is 16.7 Å². The maximum absolute atomic E-state index is 12.4. The Kier molecular flexibility index (Phi) is 4.77. The fourth-order valence-corrected chi connectivity index (χ4v) is 3.50. The van der Waals surface area contributed by atoms with Gasteiger partial charge in [-0.1, -0.05) is 36.4 Å². The molecule has 0 aliphatic carbocycles. The minimum Gasteiger partial charge on any atom is -0.325 e. The lowest BCUT2D eigenvalue weighted by Gasteiger charge is -2.24. The predicted octanol–water partition coefficient (Wildman–Crippen LogP) is 4.08. The van der Waals surface area contributed by atoms with Crippen molar-refractivity contribution in [3.05, 3.63) is 65.2 Å². The van der Waals surface area contributed by atoms with Crippen LogP contribution in [0.5, 0.6) is 0 Å². The van der Waals surface area contributed by atoms with Gasteiger partial charge in [0.05, 0.1) is 6.54 Å². The van der Waals surface area contributed by atoms with Crippen LogP contribution in [0, 0.1) is 13.8 Å². The Bertz CT molecular complexity index is 661. The molecule has 1 saturated heterocycles. The molecule has 120 valence electrons. The molecule has 1 aliphatic heterocycles. The van der Waals surface area contributed by atoms with Crippen molar-refractivity contribution in [2.75, 3.05) is 18.4 Å². The van der Waals surface area contributed by atoms with Crippen LogP contribution in [0.1, 0.15) is 35.6 Å². The third-order valence-electron chi connectivity index (χ3n) is 4.40. The van der Waals surface area contributed by atoms with Crippen molar-refractivity contribution in [1.29, 1.82) is 0 Å². The summed E-state index contributed by atoms with van der Waals surface area (Å²) in [5.74, 6) is 0.0674. The molecule has 1 amide bonds. The van der Waals surface area contributed by atoms with E-state index in [1.807, 2.05) is 18.2 Å². The average Bonchev–Trinajstić information content (AvgIpc) is 2.95. The first-order valence-electron chi connectivity index (χ1n) is 8.29. The molecule has 0 unspecified atom stereocenters. The van der Waals surface area contributed by atoms with Gasteiger partial charge >= 0.3 is 0 Å². The maximum Gasteiger partial charge on any atom is 0.238 e. The number of benzene rings is 2. The second kappa shape index (κ2) is 6.97. The van der Waals surface area contributed by atoms with Crippen molar-refractivity contribution in [2.24, 2.45) is 0 Å². The van der Waals surface area contributed by atoms with Crippen LogP contribution >= 0.6 is 0 Å². The SMILES string of the molecule is Cc1cc(C)cc(NC(=O)CN2CCC[C@@H]2c2ccccc2)c1. The number of carbonyl (C=O) groups is 1. The highest BCUT2D eigenvalue weighted by Crippen LogP contribution is 2.31. The van der Waals surface area contributed by atoms with Crippen LogP contribution in [0.25, 0.3) is 0 Å². The van der Waals surface area contributed by atoms with E-state index >= 15 is 0 Å². The van der Waals surface area contributed by atoms with E-state index in [-0.39, 0.29) is 5.91 Å². The Morgan fingerprint density at radius 1 is 1.13 bits per heavy atom. The van der Waals surface area contributed by atoms with Gasteiger partial charge in [-0.05, 0) is 62.1 Å². The first kappa shape index (κ1) is 15.8. The van der Waals surface area contributed by atoms with Gasteiger partial charge in [0.2, 0.25) is 5.91 Å². The number of nitrogens with zero attached hydrogens (tertiary/aromatic N) is 1. The first-order chi connectivity index (χ1) is 11.1. The summed E-state index contributed by atoms with van der Waals surface area (Å²) in [6.07, 6.45) is 2.28. The van der Waals surface area contributed by atoms with Gasteiger partial charge in [-0.15, -0.1) is 0 Å². The molecule has 0 saturated carbocycles. The molecule has 0 aromatic heterocycles. The quantitative estimate of drug-likeness (QED) is 0.923. The largest absolute Gasteiger partial charge is 0.325 e. The van der Waals surface area contributed by atoms with E-state index in [0.29, 0.717) is 12.6 Å². The van der Waals surface area contributed by atoms with Crippen molar-refractivity contribution < 1.29 is 4.79 Å². The van der Waals surface area contributed by atoms with E-state index < -0.39 is 0 Å². The predicted molar refractivity (Wildman–Crippen MR) is 94.5 cm³/mol. The van der Waals surface area contributed by atoms with Crippen molar-refractivity contribution in [3.63, 3.8) is 0 Å². The molecule has 3 heteroatoms.